The van der Waals surface area contributed by atoms with Crippen molar-refractivity contribution >= 4 is 17.7 Å². The predicted molar refractivity (Wildman–Crippen MR) is 116 cm³/mol. The van der Waals surface area contributed by atoms with E-state index in [1.807, 2.05) is 6.07 Å². The molecule has 1 aliphatic carbocycles. The van der Waals surface area contributed by atoms with Crippen molar-refractivity contribution in [1.29, 1.82) is 0 Å². The van der Waals surface area contributed by atoms with Crippen molar-refractivity contribution in [1.82, 2.24) is 14.7 Å². The van der Waals surface area contributed by atoms with Gasteiger partial charge < -0.3 is 20.4 Å². The third kappa shape index (κ3) is 3.53. The predicted octanol–water partition coefficient (Wildman–Crippen LogP) is 1.47. The van der Waals surface area contributed by atoms with Gasteiger partial charge in [0.25, 0.3) is 0 Å². The Balaban J connectivity index is 1.35. The van der Waals surface area contributed by atoms with Crippen LogP contribution in [-0.2, 0) is 14.4 Å². The molecular formula is C24H32N4O3. The van der Waals surface area contributed by atoms with Crippen LogP contribution in [0.25, 0.3) is 0 Å². The maximum atomic E-state index is 13.8. The van der Waals surface area contributed by atoms with Crippen molar-refractivity contribution in [3.63, 3.8) is 0 Å². The van der Waals surface area contributed by atoms with E-state index in [0.29, 0.717) is 25.3 Å². The van der Waals surface area contributed by atoms with Crippen LogP contribution in [0.15, 0.2) is 30.3 Å². The number of fused-ring (bicyclic) bond motifs is 1. The van der Waals surface area contributed by atoms with Gasteiger partial charge >= 0.3 is 0 Å². The van der Waals surface area contributed by atoms with Crippen LogP contribution in [0.1, 0.15) is 56.9 Å². The van der Waals surface area contributed by atoms with E-state index >= 15 is 0 Å². The molecule has 1 spiro atoms. The van der Waals surface area contributed by atoms with Crippen molar-refractivity contribution in [2.24, 2.45) is 5.73 Å². The third-order valence-corrected chi connectivity index (χ3v) is 7.92. The SMILES string of the molecule is CC(=O)N1CCC2CCC(C(=O)N3CC(c4ccccc4)CC34CC4)N2C(=O)C(N)C1. The van der Waals surface area contributed by atoms with Crippen molar-refractivity contribution in [2.45, 2.75) is 75.0 Å². The molecule has 7 nitrogen and oxygen atoms in total. The highest BCUT2D eigenvalue weighted by molar-refractivity contribution is 5.92. The summed E-state index contributed by atoms with van der Waals surface area (Å²) in [6.45, 7) is 3.06. The molecular weight excluding hydrogens is 392 g/mol. The third-order valence-electron chi connectivity index (χ3n) is 7.92. The van der Waals surface area contributed by atoms with E-state index in [2.05, 4.69) is 29.2 Å². The number of hydrogen-bond acceptors (Lipinski definition) is 4. The molecule has 3 amide bonds. The first-order valence-electron chi connectivity index (χ1n) is 11.6. The van der Waals surface area contributed by atoms with Gasteiger partial charge in [0, 0.05) is 44.1 Å². The molecule has 3 heterocycles. The molecule has 4 aliphatic rings. The van der Waals surface area contributed by atoms with Gasteiger partial charge in [0.15, 0.2) is 0 Å². The average molecular weight is 425 g/mol. The highest BCUT2D eigenvalue weighted by atomic mass is 16.2. The minimum absolute atomic E-state index is 0.0164. The maximum absolute atomic E-state index is 13.8. The molecule has 0 radical (unpaired) electrons. The molecule has 5 rings (SSSR count). The Morgan fingerprint density at radius 3 is 2.48 bits per heavy atom. The molecule has 4 atom stereocenters. The van der Waals surface area contributed by atoms with Crippen LogP contribution in [0.5, 0.6) is 0 Å². The smallest absolute Gasteiger partial charge is 0.245 e. The number of hydrogen-bond donors (Lipinski definition) is 1. The molecule has 4 fully saturated rings. The zero-order valence-electron chi connectivity index (χ0n) is 18.2. The Bertz CT molecular complexity index is 884. The van der Waals surface area contributed by atoms with Crippen LogP contribution < -0.4 is 5.73 Å². The van der Waals surface area contributed by atoms with Crippen molar-refractivity contribution < 1.29 is 14.4 Å². The van der Waals surface area contributed by atoms with Crippen LogP contribution >= 0.6 is 0 Å². The number of nitrogens with zero attached hydrogens (tertiary/aromatic N) is 3. The first kappa shape index (κ1) is 20.5. The summed E-state index contributed by atoms with van der Waals surface area (Å²) in [5, 5.41) is 0. The fourth-order valence-corrected chi connectivity index (χ4v) is 6.05. The van der Waals surface area contributed by atoms with Crippen LogP contribution in [0.4, 0.5) is 0 Å². The van der Waals surface area contributed by atoms with Crippen LogP contribution in [0.3, 0.4) is 0 Å². The topological polar surface area (TPSA) is 87.0 Å². The van der Waals surface area contributed by atoms with Gasteiger partial charge in [-0.15, -0.1) is 0 Å². The quantitative estimate of drug-likeness (QED) is 0.779. The molecule has 31 heavy (non-hydrogen) atoms. The lowest BCUT2D eigenvalue weighted by molar-refractivity contribution is -0.149. The number of carbonyl (C=O) groups excluding carboxylic acids is 3. The number of benzene rings is 1. The van der Waals surface area contributed by atoms with Gasteiger partial charge in [-0.3, -0.25) is 14.4 Å². The summed E-state index contributed by atoms with van der Waals surface area (Å²) < 4.78 is 0. The molecule has 0 bridgehead atoms. The summed E-state index contributed by atoms with van der Waals surface area (Å²) in [7, 11) is 0. The molecule has 1 aromatic rings. The lowest BCUT2D eigenvalue weighted by atomic mass is 9.96. The van der Waals surface area contributed by atoms with Crippen LogP contribution in [0.2, 0.25) is 0 Å². The normalized spacial score (nSPS) is 32.1. The Labute approximate surface area is 183 Å². The highest BCUT2D eigenvalue weighted by Crippen LogP contribution is 2.54. The van der Waals surface area contributed by atoms with Gasteiger partial charge in [-0.1, -0.05) is 30.3 Å². The summed E-state index contributed by atoms with van der Waals surface area (Å²) in [5.41, 5.74) is 7.48. The Morgan fingerprint density at radius 1 is 1.06 bits per heavy atom. The van der Waals surface area contributed by atoms with E-state index in [-0.39, 0.29) is 35.8 Å². The lowest BCUT2D eigenvalue weighted by Gasteiger charge is -2.38. The minimum atomic E-state index is -0.773. The maximum Gasteiger partial charge on any atom is 0.245 e. The molecule has 0 aromatic heterocycles. The lowest BCUT2D eigenvalue weighted by Crippen LogP contribution is -2.59. The Hall–Kier alpha value is -2.41. The second-order valence-corrected chi connectivity index (χ2v) is 9.84. The van der Waals surface area contributed by atoms with Crippen molar-refractivity contribution in [2.75, 3.05) is 19.6 Å². The molecule has 2 N–H and O–H groups in total. The number of amides is 3. The first-order valence-corrected chi connectivity index (χ1v) is 11.6. The average Bonchev–Trinajstić information content (AvgIpc) is 3.25. The molecule has 166 valence electrons. The number of carbonyl (C=O) groups is 3. The molecule has 7 heteroatoms. The summed E-state index contributed by atoms with van der Waals surface area (Å²) in [4.78, 5) is 44.4. The molecule has 4 unspecified atom stereocenters. The van der Waals surface area contributed by atoms with Gasteiger partial charge in [-0.05, 0) is 44.1 Å². The van der Waals surface area contributed by atoms with Gasteiger partial charge in [0.05, 0.1) is 0 Å². The monoisotopic (exact) mass is 424 g/mol. The van der Waals surface area contributed by atoms with E-state index in [9.17, 15) is 14.4 Å². The van der Waals surface area contributed by atoms with Crippen molar-refractivity contribution in [3.8, 4) is 0 Å². The van der Waals surface area contributed by atoms with E-state index in [1.54, 1.807) is 9.80 Å². The highest BCUT2D eigenvalue weighted by Gasteiger charge is 2.58. The first-order chi connectivity index (χ1) is 14.9. The van der Waals surface area contributed by atoms with Crippen LogP contribution in [0, 0.1) is 0 Å². The summed E-state index contributed by atoms with van der Waals surface area (Å²) in [6.07, 6.45) is 5.31. The molecule has 1 saturated carbocycles. The van der Waals surface area contributed by atoms with Gasteiger partial charge in [0.2, 0.25) is 17.7 Å². The summed E-state index contributed by atoms with van der Waals surface area (Å²) in [6, 6.07) is 9.25. The molecule has 1 aromatic carbocycles. The fraction of sp³-hybridized carbons (Fsp3) is 0.625. The Kier molecular flexibility index (Phi) is 5.04. The van der Waals surface area contributed by atoms with Crippen molar-refractivity contribution in [3.05, 3.63) is 35.9 Å². The van der Waals surface area contributed by atoms with E-state index in [1.165, 1.54) is 12.5 Å². The minimum Gasteiger partial charge on any atom is -0.341 e. The zero-order valence-corrected chi connectivity index (χ0v) is 18.2. The largest absolute Gasteiger partial charge is 0.341 e. The number of rotatable bonds is 2. The van der Waals surface area contributed by atoms with E-state index < -0.39 is 12.1 Å². The second-order valence-electron chi connectivity index (χ2n) is 9.84. The fourth-order valence-electron chi connectivity index (χ4n) is 6.05. The summed E-state index contributed by atoms with van der Waals surface area (Å²) in [5.74, 6) is 0.222. The number of nitrogens with two attached hydrogens (primary N) is 1. The standard InChI is InChI=1S/C24H32N4O3/c1-16(29)26-12-9-19-7-8-21(28(19)22(30)20(25)15-26)23(31)27-14-18(13-24(27)10-11-24)17-5-3-2-4-6-17/h2-6,18-21H,7-15,25H2,1H3. The zero-order chi connectivity index (χ0) is 21.8. The van der Waals surface area contributed by atoms with Gasteiger partial charge in [-0.2, -0.15) is 0 Å². The second kappa shape index (κ2) is 7.62. The Morgan fingerprint density at radius 2 is 1.81 bits per heavy atom. The molecule has 3 aliphatic heterocycles. The van der Waals surface area contributed by atoms with E-state index in [4.69, 9.17) is 5.73 Å². The van der Waals surface area contributed by atoms with Gasteiger partial charge in [-0.25, -0.2) is 0 Å². The summed E-state index contributed by atoms with van der Waals surface area (Å²) >= 11 is 0. The number of likely N-dealkylation sites (tertiary alicyclic amines) is 1. The molecule has 3 saturated heterocycles. The van der Waals surface area contributed by atoms with Crippen LogP contribution in [-0.4, -0.2) is 75.7 Å². The van der Waals surface area contributed by atoms with Gasteiger partial charge in [0.1, 0.15) is 12.1 Å². The van der Waals surface area contributed by atoms with E-state index in [0.717, 1.165) is 32.2 Å².